The highest BCUT2D eigenvalue weighted by molar-refractivity contribution is 7.98. The molecule has 4 atom stereocenters. The zero-order valence-corrected chi connectivity index (χ0v) is 24.5. The van der Waals surface area contributed by atoms with Gasteiger partial charge in [0.2, 0.25) is 17.7 Å². The van der Waals surface area contributed by atoms with Crippen LogP contribution in [0, 0.1) is 5.92 Å². The Bertz CT molecular complexity index is 1210. The van der Waals surface area contributed by atoms with Crippen molar-refractivity contribution in [3.05, 3.63) is 36.0 Å². The second-order valence-corrected chi connectivity index (χ2v) is 11.1. The molecule has 0 spiro atoms. The lowest BCUT2D eigenvalue weighted by Gasteiger charge is -2.27. The maximum absolute atomic E-state index is 13.6. The van der Waals surface area contributed by atoms with Crippen LogP contribution < -0.4 is 33.2 Å². The molecule has 1 heterocycles. The fraction of sp³-hybridized carbons (Fsp3) is 0.519. The molecule has 0 aliphatic heterocycles. The Morgan fingerprint density at radius 2 is 1.68 bits per heavy atom. The largest absolute Gasteiger partial charge is 0.480 e. The van der Waals surface area contributed by atoms with Gasteiger partial charge in [-0.3, -0.25) is 19.4 Å². The number of para-hydroxylation sites is 1. The van der Waals surface area contributed by atoms with Crippen LogP contribution >= 0.6 is 11.8 Å². The number of nitrogens with zero attached hydrogens (tertiary/aromatic N) is 1. The van der Waals surface area contributed by atoms with Gasteiger partial charge in [0, 0.05) is 30.1 Å². The molecule has 0 aliphatic rings. The van der Waals surface area contributed by atoms with Crippen LogP contribution in [0.5, 0.6) is 0 Å². The van der Waals surface area contributed by atoms with Gasteiger partial charge in [-0.05, 0) is 48.8 Å². The number of fused-ring (bicyclic) bond motifs is 1. The van der Waals surface area contributed by atoms with Crippen molar-refractivity contribution in [2.45, 2.75) is 63.7 Å². The van der Waals surface area contributed by atoms with Crippen LogP contribution in [0.15, 0.2) is 35.5 Å². The number of nitrogens with one attached hydrogen (secondary N) is 4. The summed E-state index contributed by atoms with van der Waals surface area (Å²) >= 11 is 1.47. The van der Waals surface area contributed by atoms with Gasteiger partial charge in [0.25, 0.3) is 0 Å². The van der Waals surface area contributed by atoms with E-state index < -0.39 is 47.9 Å². The first-order chi connectivity index (χ1) is 19.4. The summed E-state index contributed by atoms with van der Waals surface area (Å²) in [5.74, 6) is -2.78. The lowest BCUT2D eigenvalue weighted by molar-refractivity contribution is -0.142. The summed E-state index contributed by atoms with van der Waals surface area (Å²) in [6, 6.07) is 3.44. The zero-order valence-electron chi connectivity index (χ0n) is 23.7. The van der Waals surface area contributed by atoms with Crippen molar-refractivity contribution in [3.63, 3.8) is 0 Å². The van der Waals surface area contributed by atoms with E-state index in [9.17, 15) is 24.3 Å². The third-order valence-electron chi connectivity index (χ3n) is 6.51. The number of guanidine groups is 1. The number of nitrogens with two attached hydrogens (primary N) is 3. The fourth-order valence-corrected chi connectivity index (χ4v) is 4.67. The number of H-pyrrole nitrogens is 1. The summed E-state index contributed by atoms with van der Waals surface area (Å²) < 4.78 is 0. The van der Waals surface area contributed by atoms with Crippen LogP contribution in [0.4, 0.5) is 0 Å². The third-order valence-corrected chi connectivity index (χ3v) is 7.15. The number of aromatic amines is 1. The molecule has 226 valence electrons. The van der Waals surface area contributed by atoms with Gasteiger partial charge in [0.05, 0.1) is 6.04 Å². The average Bonchev–Trinajstić information content (AvgIpc) is 3.33. The number of carboxylic acid groups (broad SMARTS) is 1. The number of carbonyl (C=O) groups is 4. The molecule has 14 heteroatoms. The molecule has 1 aromatic heterocycles. The Balaban J connectivity index is 2.23. The summed E-state index contributed by atoms with van der Waals surface area (Å²) in [5.41, 5.74) is 18.4. The number of benzene rings is 1. The molecule has 4 unspecified atom stereocenters. The minimum absolute atomic E-state index is 0.0545. The van der Waals surface area contributed by atoms with Gasteiger partial charge in [0.1, 0.15) is 18.1 Å². The Morgan fingerprint density at radius 1 is 1.00 bits per heavy atom. The van der Waals surface area contributed by atoms with Crippen molar-refractivity contribution < 1.29 is 24.3 Å². The molecular formula is C27H42N8O5S. The molecule has 0 saturated carbocycles. The molecule has 2 aromatic rings. The van der Waals surface area contributed by atoms with E-state index in [1.807, 2.05) is 30.5 Å². The Morgan fingerprint density at radius 3 is 2.32 bits per heavy atom. The highest BCUT2D eigenvalue weighted by Gasteiger charge is 2.32. The van der Waals surface area contributed by atoms with Gasteiger partial charge in [0.15, 0.2) is 5.96 Å². The van der Waals surface area contributed by atoms with E-state index in [1.54, 1.807) is 20.0 Å². The number of amides is 3. The topological polar surface area (TPSA) is 231 Å². The number of rotatable bonds is 17. The molecule has 3 amide bonds. The number of carbonyl (C=O) groups excluding carboxylic acids is 3. The van der Waals surface area contributed by atoms with Crippen LogP contribution in [0.2, 0.25) is 0 Å². The predicted molar refractivity (Wildman–Crippen MR) is 161 cm³/mol. The molecule has 2 rings (SSSR count). The molecule has 13 nitrogen and oxygen atoms in total. The monoisotopic (exact) mass is 590 g/mol. The third kappa shape index (κ3) is 10.6. The van der Waals surface area contributed by atoms with E-state index in [1.165, 1.54) is 11.8 Å². The maximum atomic E-state index is 13.6. The molecule has 1 aromatic carbocycles. The van der Waals surface area contributed by atoms with Gasteiger partial charge >= 0.3 is 5.97 Å². The Labute approximate surface area is 243 Å². The normalized spacial score (nSPS) is 14.1. The number of hydrogen-bond donors (Lipinski definition) is 8. The second-order valence-electron chi connectivity index (χ2n) is 10.1. The highest BCUT2D eigenvalue weighted by Crippen LogP contribution is 2.19. The van der Waals surface area contributed by atoms with Gasteiger partial charge < -0.3 is 43.2 Å². The number of hydrogen-bond acceptors (Lipinski definition) is 7. The average molecular weight is 591 g/mol. The SMILES string of the molecule is CSCCC(NC(=O)C(NC(=O)C(Cc1c[nH]c2ccccc12)NC(=O)C(N)CCCN=C(N)N)C(C)C)C(=O)O. The fourth-order valence-electron chi connectivity index (χ4n) is 4.20. The van der Waals surface area contributed by atoms with Crippen LogP contribution in [0.25, 0.3) is 10.9 Å². The lowest BCUT2D eigenvalue weighted by atomic mass is 10.00. The van der Waals surface area contributed by atoms with E-state index in [0.717, 1.165) is 16.5 Å². The standard InChI is InChI=1S/C27H42N8O5S/c1-15(2)22(25(38)33-20(26(39)40)10-12-41-3)35-24(37)21(13-16-14-32-19-9-5-4-7-17(16)19)34-23(36)18(28)8-6-11-31-27(29)30/h4-5,7,9,14-15,18,20-22,32H,6,8,10-13,28H2,1-3H3,(H,33,38)(H,34,36)(H,35,37)(H,39,40)(H4,29,30,31). The summed E-state index contributed by atoms with van der Waals surface area (Å²) in [6.45, 7) is 3.78. The minimum atomic E-state index is -1.15. The number of carboxylic acids is 1. The molecule has 0 aliphatic carbocycles. The number of aliphatic carboxylic acids is 1. The molecule has 0 fully saturated rings. The summed E-state index contributed by atoms with van der Waals surface area (Å²) in [5, 5.41) is 18.4. The number of aliphatic imine (C=N–C) groups is 1. The number of aromatic nitrogens is 1. The predicted octanol–water partition coefficient (Wildman–Crippen LogP) is 0.0394. The van der Waals surface area contributed by atoms with E-state index >= 15 is 0 Å². The molecular weight excluding hydrogens is 548 g/mol. The van der Waals surface area contributed by atoms with Crippen molar-refractivity contribution in [2.75, 3.05) is 18.6 Å². The first kappa shape index (κ1) is 33.4. The highest BCUT2D eigenvalue weighted by atomic mass is 32.2. The Hall–Kier alpha value is -3.78. The lowest BCUT2D eigenvalue weighted by Crippen LogP contribution is -2.59. The van der Waals surface area contributed by atoms with Crippen LogP contribution in [-0.2, 0) is 25.6 Å². The van der Waals surface area contributed by atoms with Crippen LogP contribution in [-0.4, -0.2) is 82.5 Å². The van der Waals surface area contributed by atoms with E-state index in [4.69, 9.17) is 17.2 Å². The summed E-state index contributed by atoms with van der Waals surface area (Å²) in [6.07, 6.45) is 4.72. The smallest absolute Gasteiger partial charge is 0.326 e. The molecule has 0 saturated heterocycles. The first-order valence-electron chi connectivity index (χ1n) is 13.4. The van der Waals surface area contributed by atoms with Crippen molar-refractivity contribution in [2.24, 2.45) is 28.1 Å². The van der Waals surface area contributed by atoms with Gasteiger partial charge in [-0.1, -0.05) is 32.0 Å². The Kier molecular flexibility index (Phi) is 13.4. The molecule has 0 radical (unpaired) electrons. The van der Waals surface area contributed by atoms with Gasteiger partial charge in [-0.15, -0.1) is 0 Å². The summed E-state index contributed by atoms with van der Waals surface area (Å²) in [7, 11) is 0. The van der Waals surface area contributed by atoms with Gasteiger partial charge in [-0.25, -0.2) is 4.79 Å². The summed E-state index contributed by atoms with van der Waals surface area (Å²) in [4.78, 5) is 58.4. The van der Waals surface area contributed by atoms with Crippen molar-refractivity contribution in [3.8, 4) is 0 Å². The molecule has 0 bridgehead atoms. The van der Waals surface area contributed by atoms with Crippen molar-refractivity contribution >= 4 is 52.3 Å². The first-order valence-corrected chi connectivity index (χ1v) is 14.8. The van der Waals surface area contributed by atoms with E-state index in [0.29, 0.717) is 18.7 Å². The maximum Gasteiger partial charge on any atom is 0.326 e. The minimum Gasteiger partial charge on any atom is -0.480 e. The van der Waals surface area contributed by atoms with Gasteiger partial charge in [-0.2, -0.15) is 11.8 Å². The van der Waals surface area contributed by atoms with Crippen LogP contribution in [0.3, 0.4) is 0 Å². The van der Waals surface area contributed by atoms with E-state index in [-0.39, 0.29) is 31.1 Å². The number of thioether (sulfide) groups is 1. The molecule has 41 heavy (non-hydrogen) atoms. The zero-order chi connectivity index (χ0) is 30.5. The van der Waals surface area contributed by atoms with Crippen molar-refractivity contribution in [1.82, 2.24) is 20.9 Å². The van der Waals surface area contributed by atoms with E-state index in [2.05, 4.69) is 25.9 Å². The second kappa shape index (κ2) is 16.5. The quantitative estimate of drug-likeness (QED) is 0.0705. The van der Waals surface area contributed by atoms with Crippen molar-refractivity contribution in [1.29, 1.82) is 0 Å². The molecule has 11 N–H and O–H groups in total. The van der Waals surface area contributed by atoms with Crippen LogP contribution in [0.1, 0.15) is 38.7 Å².